The quantitative estimate of drug-likeness (QED) is 0.775. The highest BCUT2D eigenvalue weighted by Crippen LogP contribution is 2.22. The minimum Gasteiger partial charge on any atom is -0.497 e. The van der Waals surface area contributed by atoms with Crippen molar-refractivity contribution in [2.45, 2.75) is 13.0 Å². The first-order chi connectivity index (χ1) is 12.1. The summed E-state index contributed by atoms with van der Waals surface area (Å²) in [6.07, 6.45) is 5.43. The van der Waals surface area contributed by atoms with Crippen LogP contribution in [0.4, 0.5) is 0 Å². The zero-order valence-electron chi connectivity index (χ0n) is 14.6. The van der Waals surface area contributed by atoms with Crippen molar-refractivity contribution in [3.05, 3.63) is 72.3 Å². The maximum atomic E-state index is 12.6. The predicted molar refractivity (Wildman–Crippen MR) is 97.5 cm³/mol. The minimum atomic E-state index is -0.105. The third kappa shape index (κ3) is 3.71. The van der Waals surface area contributed by atoms with Gasteiger partial charge in [0.15, 0.2) is 0 Å². The number of hydrogen-bond donors (Lipinski definition) is 1. The summed E-state index contributed by atoms with van der Waals surface area (Å²) in [5.41, 5.74) is 3.67. The van der Waals surface area contributed by atoms with Crippen LogP contribution < -0.4 is 10.1 Å². The van der Waals surface area contributed by atoms with Gasteiger partial charge in [-0.25, -0.2) is 0 Å². The van der Waals surface area contributed by atoms with E-state index in [2.05, 4.69) is 10.3 Å². The summed E-state index contributed by atoms with van der Waals surface area (Å²) in [5.74, 6) is 0.692. The van der Waals surface area contributed by atoms with Gasteiger partial charge in [0.25, 0.3) is 5.91 Å². The van der Waals surface area contributed by atoms with Crippen molar-refractivity contribution in [3.63, 3.8) is 0 Å². The van der Waals surface area contributed by atoms with E-state index in [-0.39, 0.29) is 11.9 Å². The van der Waals surface area contributed by atoms with Gasteiger partial charge in [-0.2, -0.15) is 0 Å². The molecule has 25 heavy (non-hydrogen) atoms. The zero-order chi connectivity index (χ0) is 17.8. The molecule has 1 unspecified atom stereocenters. The number of rotatable bonds is 5. The molecule has 5 nitrogen and oxygen atoms in total. The van der Waals surface area contributed by atoms with Crippen molar-refractivity contribution in [2.75, 3.05) is 7.11 Å². The number of amides is 1. The first-order valence-electron chi connectivity index (χ1n) is 8.10. The molecule has 5 heteroatoms. The van der Waals surface area contributed by atoms with Crippen LogP contribution in [0.3, 0.4) is 0 Å². The van der Waals surface area contributed by atoms with Crippen molar-refractivity contribution in [1.82, 2.24) is 14.9 Å². The summed E-state index contributed by atoms with van der Waals surface area (Å²) in [6, 6.07) is 13.3. The normalized spacial score (nSPS) is 11.8. The minimum absolute atomic E-state index is 0.0994. The molecular weight excluding hydrogens is 314 g/mol. The number of nitrogens with one attached hydrogen (secondary N) is 1. The molecule has 3 aromatic rings. The van der Waals surface area contributed by atoms with Crippen LogP contribution in [0.15, 0.2) is 61.1 Å². The van der Waals surface area contributed by atoms with E-state index in [0.717, 1.165) is 22.4 Å². The van der Waals surface area contributed by atoms with Crippen LogP contribution in [0.25, 0.3) is 11.1 Å². The smallest absolute Gasteiger partial charge is 0.268 e. The lowest BCUT2D eigenvalue weighted by molar-refractivity contribution is 0.0931. The summed E-state index contributed by atoms with van der Waals surface area (Å²) in [6.45, 7) is 1.96. The maximum absolute atomic E-state index is 12.6. The molecule has 1 aromatic carbocycles. The van der Waals surface area contributed by atoms with Gasteiger partial charge in [-0.3, -0.25) is 9.78 Å². The summed E-state index contributed by atoms with van der Waals surface area (Å²) >= 11 is 0. The lowest BCUT2D eigenvalue weighted by atomic mass is 10.1. The third-order valence-electron chi connectivity index (χ3n) is 4.21. The van der Waals surface area contributed by atoms with Gasteiger partial charge in [0.1, 0.15) is 11.4 Å². The molecule has 0 aliphatic carbocycles. The lowest BCUT2D eigenvalue weighted by Crippen LogP contribution is -2.28. The average Bonchev–Trinajstić information content (AvgIpc) is 3.04. The van der Waals surface area contributed by atoms with Crippen molar-refractivity contribution in [1.29, 1.82) is 0 Å². The van der Waals surface area contributed by atoms with Crippen molar-refractivity contribution < 1.29 is 9.53 Å². The standard InChI is InChI=1S/C20H21N3O2/c1-14(15-4-6-18(25-3)7-5-15)22-20(24)19-12-17(13-23(19)2)16-8-10-21-11-9-16/h4-14H,1-3H3,(H,22,24). The molecule has 0 bridgehead atoms. The maximum Gasteiger partial charge on any atom is 0.268 e. The second-order valence-corrected chi connectivity index (χ2v) is 5.93. The summed E-state index contributed by atoms with van der Waals surface area (Å²) < 4.78 is 7.00. The number of nitrogens with zero attached hydrogens (tertiary/aromatic N) is 2. The number of pyridine rings is 1. The molecule has 3 rings (SSSR count). The first-order valence-corrected chi connectivity index (χ1v) is 8.10. The SMILES string of the molecule is COc1ccc(C(C)NC(=O)c2cc(-c3ccncc3)cn2C)cc1. The Labute approximate surface area is 147 Å². The van der Waals surface area contributed by atoms with E-state index in [1.54, 1.807) is 19.5 Å². The Morgan fingerprint density at radius 1 is 1.12 bits per heavy atom. The molecule has 0 saturated carbocycles. The molecular formula is C20H21N3O2. The van der Waals surface area contributed by atoms with Gasteiger partial charge in [-0.15, -0.1) is 0 Å². The van der Waals surface area contributed by atoms with Gasteiger partial charge in [0.2, 0.25) is 0 Å². The van der Waals surface area contributed by atoms with Crippen LogP contribution >= 0.6 is 0 Å². The number of aromatic nitrogens is 2. The Morgan fingerprint density at radius 2 is 1.80 bits per heavy atom. The number of hydrogen-bond acceptors (Lipinski definition) is 3. The van der Waals surface area contributed by atoms with Gasteiger partial charge in [0, 0.05) is 31.2 Å². The van der Waals surface area contributed by atoms with Gasteiger partial charge in [0.05, 0.1) is 13.2 Å². The van der Waals surface area contributed by atoms with Gasteiger partial charge >= 0.3 is 0 Å². The molecule has 1 atom stereocenters. The Morgan fingerprint density at radius 3 is 2.44 bits per heavy atom. The van der Waals surface area contributed by atoms with Crippen LogP contribution in [0, 0.1) is 0 Å². The fraction of sp³-hybridized carbons (Fsp3) is 0.200. The zero-order valence-corrected chi connectivity index (χ0v) is 14.6. The molecule has 1 amide bonds. The molecule has 0 saturated heterocycles. The highest BCUT2D eigenvalue weighted by atomic mass is 16.5. The number of aryl methyl sites for hydroxylation is 1. The van der Waals surface area contributed by atoms with E-state index >= 15 is 0 Å². The summed E-state index contributed by atoms with van der Waals surface area (Å²) in [7, 11) is 3.51. The number of carbonyl (C=O) groups is 1. The fourth-order valence-corrected chi connectivity index (χ4v) is 2.74. The molecule has 1 N–H and O–H groups in total. The molecule has 2 aromatic heterocycles. The molecule has 0 fully saturated rings. The Kier molecular flexibility index (Phi) is 4.84. The van der Waals surface area contributed by atoms with Gasteiger partial charge in [-0.1, -0.05) is 12.1 Å². The topological polar surface area (TPSA) is 56.1 Å². The summed E-state index contributed by atoms with van der Waals surface area (Å²) in [4.78, 5) is 16.7. The van der Waals surface area contributed by atoms with Crippen LogP contribution in [0.1, 0.15) is 29.0 Å². The van der Waals surface area contributed by atoms with E-state index in [1.807, 2.05) is 67.2 Å². The van der Waals surface area contributed by atoms with E-state index in [0.29, 0.717) is 5.69 Å². The van der Waals surface area contributed by atoms with Gasteiger partial charge in [-0.05, 0) is 48.4 Å². The highest BCUT2D eigenvalue weighted by Gasteiger charge is 2.16. The molecule has 0 radical (unpaired) electrons. The van der Waals surface area contributed by atoms with Crippen molar-refractivity contribution in [2.24, 2.45) is 7.05 Å². The second kappa shape index (κ2) is 7.21. The lowest BCUT2D eigenvalue weighted by Gasteiger charge is -2.15. The Balaban J connectivity index is 1.75. The number of benzene rings is 1. The first kappa shape index (κ1) is 16.8. The van der Waals surface area contributed by atoms with Crippen LogP contribution in [-0.4, -0.2) is 22.6 Å². The molecule has 0 aliphatic heterocycles. The molecule has 128 valence electrons. The van der Waals surface area contributed by atoms with E-state index < -0.39 is 0 Å². The number of ether oxygens (including phenoxy) is 1. The van der Waals surface area contributed by atoms with Crippen molar-refractivity contribution >= 4 is 5.91 Å². The van der Waals surface area contributed by atoms with Gasteiger partial charge < -0.3 is 14.6 Å². The van der Waals surface area contributed by atoms with E-state index in [4.69, 9.17) is 4.74 Å². The fourth-order valence-electron chi connectivity index (χ4n) is 2.74. The monoisotopic (exact) mass is 335 g/mol. The van der Waals surface area contributed by atoms with Crippen molar-refractivity contribution in [3.8, 4) is 16.9 Å². The predicted octanol–water partition coefficient (Wildman–Crippen LogP) is 3.59. The molecule has 0 aliphatic rings. The second-order valence-electron chi connectivity index (χ2n) is 5.93. The van der Waals surface area contributed by atoms with Crippen LogP contribution in [0.2, 0.25) is 0 Å². The number of methoxy groups -OCH3 is 1. The third-order valence-corrected chi connectivity index (χ3v) is 4.21. The Hall–Kier alpha value is -3.08. The number of carbonyl (C=O) groups excluding carboxylic acids is 1. The molecule has 0 spiro atoms. The summed E-state index contributed by atoms with van der Waals surface area (Å²) in [5, 5.41) is 3.04. The largest absolute Gasteiger partial charge is 0.497 e. The Bertz CT molecular complexity index is 854. The van der Waals surface area contributed by atoms with Crippen LogP contribution in [-0.2, 0) is 7.05 Å². The molecule has 2 heterocycles. The van der Waals surface area contributed by atoms with E-state index in [9.17, 15) is 4.79 Å². The highest BCUT2D eigenvalue weighted by molar-refractivity contribution is 5.94. The van der Waals surface area contributed by atoms with Crippen LogP contribution in [0.5, 0.6) is 5.75 Å². The average molecular weight is 335 g/mol. The van der Waals surface area contributed by atoms with E-state index in [1.165, 1.54) is 0 Å².